The van der Waals surface area contributed by atoms with Crippen LogP contribution in [0, 0.1) is 11.3 Å². The third-order valence-electron chi connectivity index (χ3n) is 6.02. The van der Waals surface area contributed by atoms with Gasteiger partial charge < -0.3 is 9.64 Å². The van der Waals surface area contributed by atoms with Crippen molar-refractivity contribution in [3.63, 3.8) is 0 Å². The van der Waals surface area contributed by atoms with E-state index in [1.807, 2.05) is 12.3 Å². The zero-order valence-electron chi connectivity index (χ0n) is 16.0. The summed E-state index contributed by atoms with van der Waals surface area (Å²) in [4.78, 5) is 16.5. The van der Waals surface area contributed by atoms with Gasteiger partial charge in [-0.05, 0) is 30.2 Å². The molecule has 10 heteroatoms. The van der Waals surface area contributed by atoms with E-state index in [0.29, 0.717) is 6.54 Å². The lowest BCUT2D eigenvalue weighted by molar-refractivity contribution is 0.117. The lowest BCUT2D eigenvalue weighted by atomic mass is 10.0. The minimum Gasteiger partial charge on any atom is -0.442 e. The fourth-order valence-electron chi connectivity index (χ4n) is 4.68. The first kappa shape index (κ1) is 17.0. The summed E-state index contributed by atoms with van der Waals surface area (Å²) in [5.41, 5.74) is 5.36. The van der Waals surface area contributed by atoms with E-state index in [0.717, 1.165) is 47.7 Å². The van der Waals surface area contributed by atoms with Crippen molar-refractivity contribution >= 4 is 17.5 Å². The number of benzene rings is 1. The van der Waals surface area contributed by atoms with Crippen LogP contribution in [0.2, 0.25) is 0 Å². The van der Waals surface area contributed by atoms with Gasteiger partial charge in [0.05, 0.1) is 42.8 Å². The van der Waals surface area contributed by atoms with E-state index in [2.05, 4.69) is 38.5 Å². The van der Waals surface area contributed by atoms with Gasteiger partial charge >= 0.3 is 6.09 Å². The van der Waals surface area contributed by atoms with E-state index >= 15 is 0 Å². The Labute approximate surface area is 171 Å². The Kier molecular flexibility index (Phi) is 3.59. The molecule has 0 aliphatic carbocycles. The highest BCUT2D eigenvalue weighted by Gasteiger charge is 2.47. The van der Waals surface area contributed by atoms with Gasteiger partial charge in [-0.25, -0.2) is 9.48 Å². The number of amides is 1. The van der Waals surface area contributed by atoms with Crippen LogP contribution >= 0.6 is 0 Å². The predicted octanol–water partition coefficient (Wildman–Crippen LogP) is 1.47. The van der Waals surface area contributed by atoms with Gasteiger partial charge in [0.15, 0.2) is 0 Å². The van der Waals surface area contributed by atoms with E-state index in [1.54, 1.807) is 26.7 Å². The van der Waals surface area contributed by atoms with Crippen LogP contribution in [-0.2, 0) is 37.3 Å². The molecule has 1 unspecified atom stereocenters. The number of anilines is 2. The Hall–Kier alpha value is -3.87. The molecule has 1 fully saturated rings. The van der Waals surface area contributed by atoms with Crippen LogP contribution in [0.25, 0.3) is 0 Å². The van der Waals surface area contributed by atoms with Crippen molar-refractivity contribution in [1.82, 2.24) is 24.8 Å². The summed E-state index contributed by atoms with van der Waals surface area (Å²) in [6, 6.07) is 8.32. The van der Waals surface area contributed by atoms with E-state index in [1.165, 1.54) is 0 Å². The van der Waals surface area contributed by atoms with E-state index in [9.17, 15) is 4.79 Å². The molecular formula is C20H18N8O2. The molecule has 1 aromatic carbocycles. The standard InChI is InChI=1S/C20H18N8O2/c21-3-5-26-10-14-9-25(11-16(14)23-26)15-1-2-17-13(7-15)8-18-19(30-20(29)28(17)18)12-27-6-4-22-24-27/h1-2,4,6-7,10,18-19H,5,8-9,11-12H2/t18-,19?/m0/s1. The molecule has 2 atom stereocenters. The molecule has 10 nitrogen and oxygen atoms in total. The number of hydrogen-bond acceptors (Lipinski definition) is 7. The van der Waals surface area contributed by atoms with Gasteiger partial charge in [-0.1, -0.05) is 5.21 Å². The van der Waals surface area contributed by atoms with Gasteiger partial charge in [0.25, 0.3) is 0 Å². The number of hydrogen-bond donors (Lipinski definition) is 0. The topological polar surface area (TPSA) is 105 Å². The molecule has 2 aromatic heterocycles. The van der Waals surface area contributed by atoms with Crippen LogP contribution in [0.3, 0.4) is 0 Å². The number of ether oxygens (including phenoxy) is 1. The molecule has 5 heterocycles. The Morgan fingerprint density at radius 2 is 2.17 bits per heavy atom. The van der Waals surface area contributed by atoms with Crippen molar-refractivity contribution in [3.8, 4) is 6.07 Å². The Balaban J connectivity index is 1.22. The fourth-order valence-corrected chi connectivity index (χ4v) is 4.68. The number of fused-ring (bicyclic) bond motifs is 4. The molecule has 3 aliphatic rings. The summed E-state index contributed by atoms with van der Waals surface area (Å²) in [5.74, 6) is 0. The second kappa shape index (κ2) is 6.32. The van der Waals surface area contributed by atoms with E-state index in [4.69, 9.17) is 10.00 Å². The Morgan fingerprint density at radius 3 is 2.97 bits per heavy atom. The normalized spacial score (nSPS) is 21.4. The summed E-state index contributed by atoms with van der Waals surface area (Å²) in [6.07, 6.45) is 5.54. The van der Waals surface area contributed by atoms with Crippen LogP contribution in [0.4, 0.5) is 16.2 Å². The molecule has 0 spiro atoms. The molecule has 0 bridgehead atoms. The number of carbonyl (C=O) groups excluding carboxylic acids is 1. The first-order valence-electron chi connectivity index (χ1n) is 9.83. The number of aromatic nitrogens is 5. The Bertz CT molecular complexity index is 1150. The number of carbonyl (C=O) groups is 1. The van der Waals surface area contributed by atoms with Crippen LogP contribution in [-0.4, -0.2) is 43.0 Å². The van der Waals surface area contributed by atoms with E-state index < -0.39 is 0 Å². The summed E-state index contributed by atoms with van der Waals surface area (Å²) >= 11 is 0. The number of rotatable bonds is 4. The Morgan fingerprint density at radius 1 is 1.23 bits per heavy atom. The maximum absolute atomic E-state index is 12.5. The second-order valence-electron chi connectivity index (χ2n) is 7.81. The molecular weight excluding hydrogens is 384 g/mol. The molecule has 150 valence electrons. The minimum absolute atomic E-state index is 0.0310. The van der Waals surface area contributed by atoms with Crippen molar-refractivity contribution in [1.29, 1.82) is 5.26 Å². The second-order valence-corrected chi connectivity index (χ2v) is 7.81. The van der Waals surface area contributed by atoms with Gasteiger partial charge in [0.1, 0.15) is 12.6 Å². The molecule has 3 aromatic rings. The summed E-state index contributed by atoms with van der Waals surface area (Å²) in [7, 11) is 0. The molecule has 0 N–H and O–H groups in total. The average Bonchev–Trinajstić information content (AvgIpc) is 3.51. The van der Waals surface area contributed by atoms with E-state index in [-0.39, 0.29) is 24.8 Å². The molecule has 1 saturated heterocycles. The highest BCUT2D eigenvalue weighted by Crippen LogP contribution is 2.41. The van der Waals surface area contributed by atoms with Crippen molar-refractivity contribution in [2.24, 2.45) is 0 Å². The van der Waals surface area contributed by atoms with Crippen LogP contribution in [0.1, 0.15) is 16.8 Å². The van der Waals surface area contributed by atoms with Gasteiger partial charge in [-0.2, -0.15) is 10.4 Å². The quantitative estimate of drug-likeness (QED) is 0.651. The number of cyclic esters (lactones) is 1. The summed E-state index contributed by atoms with van der Waals surface area (Å²) in [6.45, 7) is 2.25. The first-order valence-corrected chi connectivity index (χ1v) is 9.83. The van der Waals surface area contributed by atoms with Gasteiger partial charge in [-0.3, -0.25) is 9.58 Å². The summed E-state index contributed by atoms with van der Waals surface area (Å²) < 4.78 is 9.00. The molecule has 3 aliphatic heterocycles. The van der Waals surface area contributed by atoms with Crippen molar-refractivity contribution in [3.05, 3.63) is 53.6 Å². The van der Waals surface area contributed by atoms with Gasteiger partial charge in [0, 0.05) is 30.2 Å². The lowest BCUT2D eigenvalue weighted by Crippen LogP contribution is -2.35. The minimum atomic E-state index is -0.301. The number of nitrogens with zero attached hydrogens (tertiary/aromatic N) is 8. The number of nitriles is 1. The van der Waals surface area contributed by atoms with Crippen LogP contribution in [0.5, 0.6) is 0 Å². The molecule has 0 radical (unpaired) electrons. The zero-order chi connectivity index (χ0) is 20.2. The molecule has 0 saturated carbocycles. The maximum atomic E-state index is 12.5. The monoisotopic (exact) mass is 402 g/mol. The SMILES string of the molecule is N#CCn1cc2c(n1)CN(c1ccc3c(c1)C[C@H]1C(Cn4ccnn4)OC(=O)N31)C2. The fraction of sp³-hybridized carbons (Fsp3) is 0.350. The molecule has 1 amide bonds. The van der Waals surface area contributed by atoms with Gasteiger partial charge in [-0.15, -0.1) is 5.10 Å². The molecule has 30 heavy (non-hydrogen) atoms. The van der Waals surface area contributed by atoms with Gasteiger partial charge in [0.2, 0.25) is 0 Å². The van der Waals surface area contributed by atoms with Crippen molar-refractivity contribution in [2.75, 3.05) is 9.80 Å². The van der Waals surface area contributed by atoms with Crippen LogP contribution < -0.4 is 9.80 Å². The van der Waals surface area contributed by atoms with Crippen LogP contribution in [0.15, 0.2) is 36.8 Å². The lowest BCUT2D eigenvalue weighted by Gasteiger charge is -2.19. The first-order chi connectivity index (χ1) is 14.7. The average molecular weight is 402 g/mol. The maximum Gasteiger partial charge on any atom is 0.415 e. The third-order valence-corrected chi connectivity index (χ3v) is 6.02. The predicted molar refractivity (Wildman–Crippen MR) is 104 cm³/mol. The highest BCUT2D eigenvalue weighted by atomic mass is 16.6. The highest BCUT2D eigenvalue weighted by molar-refractivity contribution is 5.94. The third kappa shape index (κ3) is 2.55. The van der Waals surface area contributed by atoms with Crippen molar-refractivity contribution < 1.29 is 9.53 Å². The smallest absolute Gasteiger partial charge is 0.415 e. The summed E-state index contributed by atoms with van der Waals surface area (Å²) in [5, 5.41) is 21.2. The largest absolute Gasteiger partial charge is 0.442 e. The molecule has 6 rings (SSSR count). The van der Waals surface area contributed by atoms with Crippen molar-refractivity contribution in [2.45, 2.75) is 44.7 Å². The zero-order valence-corrected chi connectivity index (χ0v) is 16.0.